The molecule has 0 spiro atoms. The number of halogens is 1. The van der Waals surface area contributed by atoms with E-state index in [0.717, 1.165) is 5.56 Å². The Morgan fingerprint density at radius 3 is 2.38 bits per heavy atom. The molecule has 1 N–H and O–H groups in total. The van der Waals surface area contributed by atoms with Crippen molar-refractivity contribution in [1.82, 2.24) is 4.31 Å². The molecule has 2 rings (SSSR count). The third-order valence-corrected chi connectivity index (χ3v) is 5.86. The van der Waals surface area contributed by atoms with E-state index < -0.39 is 16.1 Å². The number of aliphatic hydroxyl groups is 1. The van der Waals surface area contributed by atoms with Gasteiger partial charge in [-0.15, -0.1) is 0 Å². The number of hydrogen-bond donors (Lipinski definition) is 1. The molecule has 0 saturated heterocycles. The molecule has 0 unspecified atom stereocenters. The third kappa shape index (κ3) is 4.60. The average Bonchev–Trinajstić information content (AvgIpc) is 3.04. The van der Waals surface area contributed by atoms with Crippen molar-refractivity contribution in [2.24, 2.45) is 5.92 Å². The van der Waals surface area contributed by atoms with Crippen LogP contribution in [0.1, 0.15) is 25.8 Å². The summed E-state index contributed by atoms with van der Waals surface area (Å²) < 4.78 is 32.6. The van der Waals surface area contributed by atoms with Gasteiger partial charge in [-0.3, -0.25) is 0 Å². The fourth-order valence-corrected chi connectivity index (χ4v) is 4.28. The highest BCUT2D eigenvalue weighted by atomic mass is 35.5. The number of sulfonamides is 1. The zero-order chi connectivity index (χ0) is 17.7. The summed E-state index contributed by atoms with van der Waals surface area (Å²) in [5.74, 6) is 0.245. The minimum Gasteiger partial charge on any atom is -0.472 e. The second-order valence-electron chi connectivity index (χ2n) is 6.10. The number of furan rings is 1. The Balaban J connectivity index is 2.41. The maximum atomic E-state index is 13.1. The number of nitrogens with zero attached hydrogens (tertiary/aromatic N) is 1. The van der Waals surface area contributed by atoms with Crippen LogP contribution in [0, 0.1) is 5.92 Å². The Labute approximate surface area is 147 Å². The maximum absolute atomic E-state index is 13.1. The summed E-state index contributed by atoms with van der Waals surface area (Å²) in [7, 11) is -3.78. The van der Waals surface area contributed by atoms with E-state index in [4.69, 9.17) is 16.0 Å². The van der Waals surface area contributed by atoms with Gasteiger partial charge in [-0.2, -0.15) is 4.31 Å². The molecule has 1 aromatic carbocycles. The number of hydrogen-bond acceptors (Lipinski definition) is 4. The average molecular weight is 372 g/mol. The number of aliphatic hydroxyl groups excluding tert-OH is 1. The van der Waals surface area contributed by atoms with Gasteiger partial charge in [-0.05, 0) is 42.7 Å². The lowest BCUT2D eigenvalue weighted by Crippen LogP contribution is -2.42. The van der Waals surface area contributed by atoms with Gasteiger partial charge in [0.1, 0.15) is 0 Å². The highest BCUT2D eigenvalue weighted by Crippen LogP contribution is 2.25. The van der Waals surface area contributed by atoms with Crippen LogP contribution in [-0.4, -0.2) is 30.5 Å². The third-order valence-electron chi connectivity index (χ3n) is 3.70. The van der Waals surface area contributed by atoms with Crippen LogP contribution in [-0.2, 0) is 16.6 Å². The molecule has 0 amide bonds. The van der Waals surface area contributed by atoms with E-state index in [-0.39, 0.29) is 24.0 Å². The lowest BCUT2D eigenvalue weighted by Gasteiger charge is -2.30. The second-order valence-corrected chi connectivity index (χ2v) is 8.43. The predicted octanol–water partition coefficient (Wildman–Crippen LogP) is 3.53. The molecule has 0 radical (unpaired) electrons. The summed E-state index contributed by atoms with van der Waals surface area (Å²) in [5, 5.41) is 10.2. The smallest absolute Gasteiger partial charge is 0.243 e. The first-order chi connectivity index (χ1) is 11.3. The highest BCUT2D eigenvalue weighted by molar-refractivity contribution is 7.89. The van der Waals surface area contributed by atoms with Crippen LogP contribution >= 0.6 is 11.6 Å². The standard InChI is InChI=1S/C17H22ClNO4S/c1-13(2)9-16(11-20)19(10-14-7-8-23-12-14)24(21,22)17-5-3-15(18)4-6-17/h3-8,12-13,16,20H,9-11H2,1-2H3/t16-/m1/s1. The van der Waals surface area contributed by atoms with E-state index in [1.54, 1.807) is 18.2 Å². The molecule has 0 aliphatic heterocycles. The zero-order valence-corrected chi connectivity index (χ0v) is 15.3. The van der Waals surface area contributed by atoms with Gasteiger partial charge in [-0.1, -0.05) is 25.4 Å². The first kappa shape index (κ1) is 19.0. The molecule has 24 heavy (non-hydrogen) atoms. The molecule has 1 aromatic heterocycles. The van der Waals surface area contributed by atoms with Gasteiger partial charge in [0, 0.05) is 23.2 Å². The Morgan fingerprint density at radius 1 is 1.21 bits per heavy atom. The zero-order valence-electron chi connectivity index (χ0n) is 13.7. The lowest BCUT2D eigenvalue weighted by atomic mass is 10.0. The van der Waals surface area contributed by atoms with E-state index in [1.807, 2.05) is 13.8 Å². The monoisotopic (exact) mass is 371 g/mol. The van der Waals surface area contributed by atoms with Gasteiger partial charge in [-0.25, -0.2) is 8.42 Å². The molecular formula is C17H22ClNO4S. The van der Waals surface area contributed by atoms with Crippen molar-refractivity contribution in [1.29, 1.82) is 0 Å². The van der Waals surface area contributed by atoms with Crippen LogP contribution in [0.5, 0.6) is 0 Å². The van der Waals surface area contributed by atoms with E-state index >= 15 is 0 Å². The molecule has 0 fully saturated rings. The molecule has 132 valence electrons. The molecule has 0 saturated carbocycles. The Kier molecular flexibility index (Phi) is 6.46. The van der Waals surface area contributed by atoms with Gasteiger partial charge in [0.15, 0.2) is 0 Å². The van der Waals surface area contributed by atoms with E-state index in [2.05, 4.69) is 0 Å². The molecular weight excluding hydrogens is 350 g/mol. The molecule has 2 aromatic rings. The summed E-state index contributed by atoms with van der Waals surface area (Å²) in [6.45, 7) is 3.88. The van der Waals surface area contributed by atoms with Crippen molar-refractivity contribution in [2.45, 2.75) is 37.8 Å². The summed E-state index contributed by atoms with van der Waals surface area (Å²) in [4.78, 5) is 0.151. The van der Waals surface area contributed by atoms with Crippen molar-refractivity contribution in [2.75, 3.05) is 6.61 Å². The fraction of sp³-hybridized carbons (Fsp3) is 0.412. The van der Waals surface area contributed by atoms with E-state index in [9.17, 15) is 13.5 Å². The van der Waals surface area contributed by atoms with Crippen LogP contribution in [0.15, 0.2) is 52.2 Å². The topological polar surface area (TPSA) is 70.8 Å². The summed E-state index contributed by atoms with van der Waals surface area (Å²) >= 11 is 5.85. The molecule has 5 nitrogen and oxygen atoms in total. The van der Waals surface area contributed by atoms with Gasteiger partial charge in [0.05, 0.1) is 24.0 Å². The molecule has 1 heterocycles. The molecule has 0 aliphatic rings. The van der Waals surface area contributed by atoms with E-state index in [1.165, 1.54) is 29.0 Å². The van der Waals surface area contributed by atoms with E-state index in [0.29, 0.717) is 11.4 Å². The summed E-state index contributed by atoms with van der Waals surface area (Å²) in [5.41, 5.74) is 0.731. The van der Waals surface area contributed by atoms with Crippen molar-refractivity contribution >= 4 is 21.6 Å². The first-order valence-corrected chi connectivity index (χ1v) is 9.55. The lowest BCUT2D eigenvalue weighted by molar-refractivity contribution is 0.164. The fourth-order valence-electron chi connectivity index (χ4n) is 2.54. The highest BCUT2D eigenvalue weighted by Gasteiger charge is 2.32. The Morgan fingerprint density at radius 2 is 1.88 bits per heavy atom. The number of benzene rings is 1. The molecule has 7 heteroatoms. The predicted molar refractivity (Wildman–Crippen MR) is 93.2 cm³/mol. The van der Waals surface area contributed by atoms with Gasteiger partial charge < -0.3 is 9.52 Å². The minimum absolute atomic E-state index is 0.138. The minimum atomic E-state index is -3.78. The van der Waals surface area contributed by atoms with Crippen LogP contribution in [0.3, 0.4) is 0 Å². The van der Waals surface area contributed by atoms with Gasteiger partial charge in [0.25, 0.3) is 0 Å². The van der Waals surface area contributed by atoms with Crippen molar-refractivity contribution in [3.63, 3.8) is 0 Å². The SMILES string of the molecule is CC(C)C[C@H](CO)N(Cc1ccoc1)S(=O)(=O)c1ccc(Cl)cc1. The van der Waals surface area contributed by atoms with Gasteiger partial charge in [0.2, 0.25) is 10.0 Å². The quantitative estimate of drug-likeness (QED) is 0.770. The van der Waals surface area contributed by atoms with Crippen LogP contribution in [0.25, 0.3) is 0 Å². The van der Waals surface area contributed by atoms with Gasteiger partial charge >= 0.3 is 0 Å². The molecule has 0 aliphatic carbocycles. The summed E-state index contributed by atoms with van der Waals surface area (Å²) in [6.07, 6.45) is 3.56. The Hall–Kier alpha value is -1.34. The Bertz CT molecular complexity index is 726. The van der Waals surface area contributed by atoms with Crippen LogP contribution in [0.4, 0.5) is 0 Å². The normalized spacial score (nSPS) is 13.6. The molecule has 1 atom stereocenters. The van der Waals surface area contributed by atoms with Crippen molar-refractivity contribution in [3.8, 4) is 0 Å². The van der Waals surface area contributed by atoms with Crippen molar-refractivity contribution < 1.29 is 17.9 Å². The summed E-state index contributed by atoms with van der Waals surface area (Å²) in [6, 6.07) is 7.24. The number of rotatable bonds is 8. The maximum Gasteiger partial charge on any atom is 0.243 e. The first-order valence-electron chi connectivity index (χ1n) is 7.74. The van der Waals surface area contributed by atoms with Crippen molar-refractivity contribution in [3.05, 3.63) is 53.4 Å². The second kappa shape index (κ2) is 8.16. The molecule has 0 bridgehead atoms. The van der Waals surface area contributed by atoms with Crippen LogP contribution < -0.4 is 0 Å². The largest absolute Gasteiger partial charge is 0.472 e. The van der Waals surface area contributed by atoms with Crippen LogP contribution in [0.2, 0.25) is 5.02 Å².